The van der Waals surface area contributed by atoms with Crippen LogP contribution in [0.5, 0.6) is 0 Å². The lowest BCUT2D eigenvalue weighted by molar-refractivity contribution is 0.547. The van der Waals surface area contributed by atoms with E-state index >= 15 is 0 Å². The van der Waals surface area contributed by atoms with Gasteiger partial charge in [0.2, 0.25) is 0 Å². The zero-order chi connectivity index (χ0) is 11.4. The molecule has 0 aliphatic heterocycles. The van der Waals surface area contributed by atoms with E-state index in [0.717, 1.165) is 6.54 Å². The van der Waals surface area contributed by atoms with Gasteiger partial charge in [-0.15, -0.1) is 0 Å². The minimum atomic E-state index is 0.568. The average molecular weight is 205 g/mol. The minimum Gasteiger partial charge on any atom is -0.314 e. The van der Waals surface area contributed by atoms with Crippen molar-refractivity contribution in [1.82, 2.24) is 5.32 Å². The van der Waals surface area contributed by atoms with E-state index in [4.69, 9.17) is 0 Å². The lowest BCUT2D eigenvalue weighted by Gasteiger charge is -2.17. The molecule has 0 bridgehead atoms. The first-order chi connectivity index (χ1) is 7.00. The van der Waals surface area contributed by atoms with Crippen LogP contribution < -0.4 is 5.32 Å². The second-order valence-electron chi connectivity index (χ2n) is 4.82. The first kappa shape index (κ1) is 12.3. The van der Waals surface area contributed by atoms with Gasteiger partial charge in [-0.05, 0) is 30.9 Å². The summed E-state index contributed by atoms with van der Waals surface area (Å²) in [6.45, 7) is 12.1. The standard InChI is InChI=1S/C14H23N/c1-10(2)15-9-13(5)14-7-6-11(3)8-12(14)4/h6-8,10,13,15H,9H2,1-5H3. The van der Waals surface area contributed by atoms with Gasteiger partial charge in [-0.1, -0.05) is 44.5 Å². The number of rotatable bonds is 4. The Bertz CT molecular complexity index is 315. The molecule has 0 radical (unpaired) electrons. The number of aryl methyl sites for hydroxylation is 2. The van der Waals surface area contributed by atoms with Crippen molar-refractivity contribution in [2.75, 3.05) is 6.54 Å². The van der Waals surface area contributed by atoms with Crippen LogP contribution >= 0.6 is 0 Å². The molecule has 1 unspecified atom stereocenters. The Kier molecular flexibility index (Phi) is 4.34. The van der Waals surface area contributed by atoms with Gasteiger partial charge in [-0.2, -0.15) is 0 Å². The van der Waals surface area contributed by atoms with Crippen molar-refractivity contribution in [3.63, 3.8) is 0 Å². The highest BCUT2D eigenvalue weighted by Crippen LogP contribution is 2.19. The van der Waals surface area contributed by atoms with Crippen LogP contribution in [0.3, 0.4) is 0 Å². The quantitative estimate of drug-likeness (QED) is 0.794. The van der Waals surface area contributed by atoms with Gasteiger partial charge < -0.3 is 5.32 Å². The van der Waals surface area contributed by atoms with Gasteiger partial charge in [0.15, 0.2) is 0 Å². The second kappa shape index (κ2) is 5.32. The third kappa shape index (κ3) is 3.67. The third-order valence-electron chi connectivity index (χ3n) is 2.79. The highest BCUT2D eigenvalue weighted by Gasteiger charge is 2.08. The molecular formula is C14H23N. The van der Waals surface area contributed by atoms with Crippen molar-refractivity contribution in [3.05, 3.63) is 34.9 Å². The summed E-state index contributed by atoms with van der Waals surface area (Å²) < 4.78 is 0. The van der Waals surface area contributed by atoms with Gasteiger partial charge in [0, 0.05) is 12.6 Å². The number of hydrogen-bond acceptors (Lipinski definition) is 1. The first-order valence-corrected chi connectivity index (χ1v) is 5.81. The number of hydrogen-bond donors (Lipinski definition) is 1. The molecule has 0 saturated carbocycles. The van der Waals surface area contributed by atoms with Crippen molar-refractivity contribution in [1.29, 1.82) is 0 Å². The molecule has 0 heterocycles. The second-order valence-corrected chi connectivity index (χ2v) is 4.82. The summed E-state index contributed by atoms with van der Waals surface area (Å²) in [5.41, 5.74) is 4.22. The molecule has 1 aromatic rings. The van der Waals surface area contributed by atoms with E-state index < -0.39 is 0 Å². The largest absolute Gasteiger partial charge is 0.314 e. The van der Waals surface area contributed by atoms with Gasteiger partial charge in [-0.25, -0.2) is 0 Å². The summed E-state index contributed by atoms with van der Waals surface area (Å²) >= 11 is 0. The van der Waals surface area contributed by atoms with E-state index in [-0.39, 0.29) is 0 Å². The number of nitrogens with one attached hydrogen (secondary N) is 1. The van der Waals surface area contributed by atoms with Crippen molar-refractivity contribution in [3.8, 4) is 0 Å². The molecule has 15 heavy (non-hydrogen) atoms. The molecule has 1 heteroatoms. The summed E-state index contributed by atoms with van der Waals surface area (Å²) in [5, 5.41) is 3.49. The van der Waals surface area contributed by atoms with Crippen molar-refractivity contribution in [2.24, 2.45) is 0 Å². The molecule has 0 spiro atoms. The Morgan fingerprint density at radius 3 is 2.33 bits per heavy atom. The zero-order valence-electron chi connectivity index (χ0n) is 10.6. The van der Waals surface area contributed by atoms with Crippen molar-refractivity contribution < 1.29 is 0 Å². The monoisotopic (exact) mass is 205 g/mol. The highest BCUT2D eigenvalue weighted by atomic mass is 14.9. The van der Waals surface area contributed by atoms with Crippen LogP contribution in [0.2, 0.25) is 0 Å². The molecule has 1 atom stereocenters. The predicted molar refractivity (Wildman–Crippen MR) is 67.5 cm³/mol. The van der Waals surface area contributed by atoms with Crippen molar-refractivity contribution in [2.45, 2.75) is 46.6 Å². The SMILES string of the molecule is Cc1ccc(C(C)CNC(C)C)c(C)c1. The highest BCUT2D eigenvalue weighted by molar-refractivity contribution is 5.32. The number of benzene rings is 1. The summed E-state index contributed by atoms with van der Waals surface area (Å²) in [6.07, 6.45) is 0. The van der Waals surface area contributed by atoms with Gasteiger partial charge in [0.1, 0.15) is 0 Å². The van der Waals surface area contributed by atoms with E-state index in [1.165, 1.54) is 16.7 Å². The smallest absolute Gasteiger partial charge is 0.00199 e. The van der Waals surface area contributed by atoms with E-state index in [2.05, 4.69) is 58.1 Å². The van der Waals surface area contributed by atoms with E-state index in [1.54, 1.807) is 0 Å². The average Bonchev–Trinajstić information content (AvgIpc) is 2.14. The van der Waals surface area contributed by atoms with Crippen LogP contribution in [0.25, 0.3) is 0 Å². The van der Waals surface area contributed by atoms with Gasteiger partial charge in [0.25, 0.3) is 0 Å². The van der Waals surface area contributed by atoms with Crippen LogP contribution in [0.1, 0.15) is 43.4 Å². The molecule has 1 N–H and O–H groups in total. The molecule has 0 amide bonds. The normalized spacial score (nSPS) is 13.2. The Morgan fingerprint density at radius 1 is 1.13 bits per heavy atom. The molecule has 0 aliphatic rings. The first-order valence-electron chi connectivity index (χ1n) is 5.81. The summed E-state index contributed by atoms with van der Waals surface area (Å²) in [7, 11) is 0. The van der Waals surface area contributed by atoms with Crippen LogP contribution in [-0.4, -0.2) is 12.6 Å². The fourth-order valence-corrected chi connectivity index (χ4v) is 1.90. The maximum Gasteiger partial charge on any atom is 0.00199 e. The van der Waals surface area contributed by atoms with E-state index in [0.29, 0.717) is 12.0 Å². The predicted octanol–water partition coefficient (Wildman–Crippen LogP) is 3.40. The zero-order valence-corrected chi connectivity index (χ0v) is 10.6. The molecule has 0 saturated heterocycles. The van der Waals surface area contributed by atoms with Gasteiger partial charge >= 0.3 is 0 Å². The van der Waals surface area contributed by atoms with E-state index in [1.807, 2.05) is 0 Å². The van der Waals surface area contributed by atoms with Gasteiger partial charge in [0.05, 0.1) is 0 Å². The molecule has 0 aromatic heterocycles. The lowest BCUT2D eigenvalue weighted by atomic mass is 9.95. The Labute approximate surface area is 93.9 Å². The fraction of sp³-hybridized carbons (Fsp3) is 0.571. The lowest BCUT2D eigenvalue weighted by Crippen LogP contribution is -2.27. The fourth-order valence-electron chi connectivity index (χ4n) is 1.90. The van der Waals surface area contributed by atoms with Crippen LogP contribution in [0, 0.1) is 13.8 Å². The van der Waals surface area contributed by atoms with Crippen LogP contribution in [-0.2, 0) is 0 Å². The maximum atomic E-state index is 3.49. The maximum absolute atomic E-state index is 3.49. The summed E-state index contributed by atoms with van der Waals surface area (Å²) in [5.74, 6) is 0.591. The summed E-state index contributed by atoms with van der Waals surface area (Å²) in [6, 6.07) is 7.30. The molecule has 1 nitrogen and oxygen atoms in total. The molecule has 0 fully saturated rings. The molecule has 84 valence electrons. The molecular weight excluding hydrogens is 182 g/mol. The molecule has 1 rings (SSSR count). The van der Waals surface area contributed by atoms with E-state index in [9.17, 15) is 0 Å². The molecule has 1 aromatic carbocycles. The Balaban J connectivity index is 2.69. The topological polar surface area (TPSA) is 12.0 Å². The molecule has 0 aliphatic carbocycles. The van der Waals surface area contributed by atoms with Gasteiger partial charge in [-0.3, -0.25) is 0 Å². The third-order valence-corrected chi connectivity index (χ3v) is 2.79. The Morgan fingerprint density at radius 2 is 1.80 bits per heavy atom. The van der Waals surface area contributed by atoms with Crippen LogP contribution in [0.15, 0.2) is 18.2 Å². The van der Waals surface area contributed by atoms with Crippen molar-refractivity contribution >= 4 is 0 Å². The summed E-state index contributed by atoms with van der Waals surface area (Å²) in [4.78, 5) is 0. The Hall–Kier alpha value is -0.820. The van der Waals surface area contributed by atoms with Crippen LogP contribution in [0.4, 0.5) is 0 Å². The minimum absolute atomic E-state index is 0.568.